The molecule has 1 fully saturated rings. The molecule has 3 aromatic rings. The van der Waals surface area contributed by atoms with E-state index in [-0.39, 0.29) is 23.1 Å². The van der Waals surface area contributed by atoms with Crippen LogP contribution in [-0.4, -0.2) is 39.8 Å². The maximum atomic E-state index is 12.7. The summed E-state index contributed by atoms with van der Waals surface area (Å²) in [7, 11) is 0. The third kappa shape index (κ3) is 3.86. The van der Waals surface area contributed by atoms with Gasteiger partial charge in [-0.15, -0.1) is 11.3 Å². The van der Waals surface area contributed by atoms with Gasteiger partial charge in [-0.25, -0.2) is 4.98 Å². The third-order valence-corrected chi connectivity index (χ3v) is 6.42. The molecular weight excluding hydrogens is 372 g/mol. The van der Waals surface area contributed by atoms with Crippen molar-refractivity contribution in [2.75, 3.05) is 19.6 Å². The molecule has 0 saturated carbocycles. The van der Waals surface area contributed by atoms with Crippen LogP contribution in [0.4, 0.5) is 0 Å². The van der Waals surface area contributed by atoms with E-state index in [1.54, 1.807) is 29.7 Å². The summed E-state index contributed by atoms with van der Waals surface area (Å²) in [6, 6.07) is 9.60. The Labute approximate surface area is 167 Å². The van der Waals surface area contributed by atoms with Crippen molar-refractivity contribution in [1.82, 2.24) is 19.6 Å². The quantitative estimate of drug-likeness (QED) is 0.720. The number of pyridine rings is 1. The van der Waals surface area contributed by atoms with E-state index in [4.69, 9.17) is 0 Å². The largest absolute Gasteiger partial charge is 0.350 e. The van der Waals surface area contributed by atoms with Crippen molar-refractivity contribution in [2.45, 2.75) is 25.8 Å². The van der Waals surface area contributed by atoms with Crippen LogP contribution in [-0.2, 0) is 0 Å². The molecular formula is C21H24N4O2S. The first-order valence-electron chi connectivity index (χ1n) is 9.65. The standard InChI is InChI=1S/C21H24N4O2S/c1-15-7-10-24(11-8-15)17(18-5-4-12-28-18)14-23-20(26)16-13-22-19-6-2-3-9-25(19)21(16)27/h2-6,9,12-13,15,17H,7-8,10-11,14H2,1H3,(H,23,26). The van der Waals surface area contributed by atoms with Crippen molar-refractivity contribution in [3.05, 3.63) is 68.9 Å². The van der Waals surface area contributed by atoms with Crippen molar-refractivity contribution in [2.24, 2.45) is 5.92 Å². The van der Waals surface area contributed by atoms with Gasteiger partial charge in [0.05, 0.1) is 6.04 Å². The normalized spacial score (nSPS) is 16.9. The second-order valence-corrected chi connectivity index (χ2v) is 8.34. The fourth-order valence-electron chi connectivity index (χ4n) is 3.70. The van der Waals surface area contributed by atoms with E-state index >= 15 is 0 Å². The molecule has 1 saturated heterocycles. The van der Waals surface area contributed by atoms with Crippen molar-refractivity contribution in [3.63, 3.8) is 0 Å². The van der Waals surface area contributed by atoms with Crippen LogP contribution in [0.15, 0.2) is 52.9 Å². The maximum absolute atomic E-state index is 12.7. The third-order valence-electron chi connectivity index (χ3n) is 5.44. The number of carbonyl (C=O) groups excluding carboxylic acids is 1. The smallest absolute Gasteiger partial charge is 0.270 e. The summed E-state index contributed by atoms with van der Waals surface area (Å²) < 4.78 is 1.40. The number of carbonyl (C=O) groups is 1. The lowest BCUT2D eigenvalue weighted by atomic mass is 9.97. The van der Waals surface area contributed by atoms with Gasteiger partial charge < -0.3 is 5.32 Å². The van der Waals surface area contributed by atoms with Crippen LogP contribution in [0.5, 0.6) is 0 Å². The highest BCUT2D eigenvalue weighted by atomic mass is 32.1. The lowest BCUT2D eigenvalue weighted by molar-refractivity contribution is 0.0913. The predicted molar refractivity (Wildman–Crippen MR) is 111 cm³/mol. The van der Waals surface area contributed by atoms with Crippen LogP contribution in [0.3, 0.4) is 0 Å². The average molecular weight is 397 g/mol. The predicted octanol–water partition coefficient (Wildman–Crippen LogP) is 2.96. The molecule has 7 heteroatoms. The molecule has 6 nitrogen and oxygen atoms in total. The van der Waals surface area contributed by atoms with Gasteiger partial charge in [-0.3, -0.25) is 18.9 Å². The van der Waals surface area contributed by atoms with Gasteiger partial charge in [-0.1, -0.05) is 19.1 Å². The summed E-state index contributed by atoms with van der Waals surface area (Å²) in [5.74, 6) is 0.376. The molecule has 1 aliphatic heterocycles. The fraction of sp³-hybridized carbons (Fsp3) is 0.381. The molecule has 1 aliphatic rings. The highest BCUT2D eigenvalue weighted by Crippen LogP contribution is 2.29. The van der Waals surface area contributed by atoms with Crippen LogP contribution in [0.25, 0.3) is 5.65 Å². The Kier molecular flexibility index (Phi) is 5.54. The molecule has 1 N–H and O–H groups in total. The van der Waals surface area contributed by atoms with Gasteiger partial charge in [-0.2, -0.15) is 0 Å². The number of nitrogens with zero attached hydrogens (tertiary/aromatic N) is 3. The number of aromatic nitrogens is 2. The number of fused-ring (bicyclic) bond motifs is 1. The van der Waals surface area contributed by atoms with Crippen LogP contribution in [0.1, 0.15) is 41.0 Å². The van der Waals surface area contributed by atoms with E-state index in [9.17, 15) is 9.59 Å². The van der Waals surface area contributed by atoms with E-state index in [0.29, 0.717) is 12.2 Å². The monoisotopic (exact) mass is 396 g/mol. The molecule has 0 bridgehead atoms. The van der Waals surface area contributed by atoms with Crippen molar-refractivity contribution >= 4 is 22.9 Å². The van der Waals surface area contributed by atoms with Crippen LogP contribution in [0, 0.1) is 5.92 Å². The molecule has 28 heavy (non-hydrogen) atoms. The Hall–Kier alpha value is -2.51. The summed E-state index contributed by atoms with van der Waals surface area (Å²) in [6.45, 7) is 4.82. The molecule has 0 aliphatic carbocycles. The Balaban J connectivity index is 1.52. The number of hydrogen-bond donors (Lipinski definition) is 1. The molecule has 0 aromatic carbocycles. The second-order valence-electron chi connectivity index (χ2n) is 7.37. The first kappa shape index (κ1) is 18.8. The molecule has 4 rings (SSSR count). The summed E-state index contributed by atoms with van der Waals surface area (Å²) in [4.78, 5) is 33.3. The van der Waals surface area contributed by atoms with E-state index in [0.717, 1.165) is 19.0 Å². The minimum Gasteiger partial charge on any atom is -0.350 e. The van der Waals surface area contributed by atoms with Gasteiger partial charge in [0.1, 0.15) is 11.2 Å². The minimum atomic E-state index is -0.373. The second kappa shape index (κ2) is 8.24. The lowest BCUT2D eigenvalue weighted by Crippen LogP contribution is -2.42. The number of thiophene rings is 1. The first-order valence-corrected chi connectivity index (χ1v) is 10.5. The van der Waals surface area contributed by atoms with Gasteiger partial charge in [0.15, 0.2) is 0 Å². The lowest BCUT2D eigenvalue weighted by Gasteiger charge is -2.36. The zero-order chi connectivity index (χ0) is 19.5. The van der Waals surface area contributed by atoms with E-state index < -0.39 is 0 Å². The van der Waals surface area contributed by atoms with E-state index in [1.807, 2.05) is 12.1 Å². The Morgan fingerprint density at radius 1 is 1.29 bits per heavy atom. The summed E-state index contributed by atoms with van der Waals surface area (Å²) in [5, 5.41) is 5.04. The van der Waals surface area contributed by atoms with Crippen LogP contribution in [0.2, 0.25) is 0 Å². The topological polar surface area (TPSA) is 66.7 Å². The van der Waals surface area contributed by atoms with Gasteiger partial charge in [-0.05, 0) is 55.4 Å². The zero-order valence-electron chi connectivity index (χ0n) is 15.9. The molecule has 4 heterocycles. The SMILES string of the molecule is CC1CCN(C(CNC(=O)c2cnc3ccccn3c2=O)c2cccs2)CC1. The summed E-state index contributed by atoms with van der Waals surface area (Å²) >= 11 is 1.71. The van der Waals surface area contributed by atoms with Gasteiger partial charge >= 0.3 is 0 Å². The highest BCUT2D eigenvalue weighted by molar-refractivity contribution is 7.10. The Bertz CT molecular complexity index is 1010. The van der Waals surface area contributed by atoms with Crippen molar-refractivity contribution in [1.29, 1.82) is 0 Å². The molecule has 0 spiro atoms. The van der Waals surface area contributed by atoms with Gasteiger partial charge in [0.25, 0.3) is 11.5 Å². The Morgan fingerprint density at radius 2 is 2.11 bits per heavy atom. The van der Waals surface area contributed by atoms with Gasteiger partial charge in [0.2, 0.25) is 0 Å². The summed E-state index contributed by atoms with van der Waals surface area (Å²) in [6.07, 6.45) is 5.35. The molecule has 0 radical (unpaired) electrons. The molecule has 3 aromatic heterocycles. The van der Waals surface area contributed by atoms with Crippen molar-refractivity contribution in [3.8, 4) is 0 Å². The van der Waals surface area contributed by atoms with E-state index in [1.165, 1.54) is 28.3 Å². The minimum absolute atomic E-state index is 0.0703. The summed E-state index contributed by atoms with van der Waals surface area (Å²) in [5.41, 5.74) is 0.256. The van der Waals surface area contributed by atoms with Crippen molar-refractivity contribution < 1.29 is 4.79 Å². The molecule has 1 unspecified atom stereocenters. The fourth-order valence-corrected chi connectivity index (χ4v) is 4.56. The number of likely N-dealkylation sites (tertiary alicyclic amines) is 1. The number of rotatable bonds is 5. The van der Waals surface area contributed by atoms with Crippen LogP contribution < -0.4 is 10.9 Å². The van der Waals surface area contributed by atoms with Crippen LogP contribution >= 0.6 is 11.3 Å². The average Bonchev–Trinajstić information content (AvgIpc) is 3.24. The number of hydrogen-bond acceptors (Lipinski definition) is 5. The Morgan fingerprint density at radius 3 is 2.86 bits per heavy atom. The maximum Gasteiger partial charge on any atom is 0.270 e. The van der Waals surface area contributed by atoms with Gasteiger partial charge in [0, 0.05) is 23.8 Å². The zero-order valence-corrected chi connectivity index (χ0v) is 16.7. The van der Waals surface area contributed by atoms with E-state index in [2.05, 4.69) is 33.6 Å². The molecule has 1 amide bonds. The molecule has 1 atom stereocenters. The molecule has 146 valence electrons. The number of piperidine rings is 1. The number of amides is 1. The highest BCUT2D eigenvalue weighted by Gasteiger charge is 2.26. The first-order chi connectivity index (χ1) is 13.6. The number of nitrogens with one attached hydrogen (secondary N) is 1.